The number of likely N-dealkylation sites (N-methyl/N-ethyl adjacent to an activating group) is 1. The fourth-order valence-electron chi connectivity index (χ4n) is 3.49. The lowest BCUT2D eigenvalue weighted by Crippen LogP contribution is -3.28. The Hall–Kier alpha value is -1.92. The first-order chi connectivity index (χ1) is 12.9. The first-order valence-electron chi connectivity index (χ1n) is 10.2. The SMILES string of the molecule is CCCCN(C)C(=O)C[NH+]1CC[NH+](CC(=O)Nc2cccc(C)c2C)CC1. The summed E-state index contributed by atoms with van der Waals surface area (Å²) in [5.41, 5.74) is 3.22. The third kappa shape index (κ3) is 6.63. The summed E-state index contributed by atoms with van der Waals surface area (Å²) >= 11 is 0. The number of carbonyl (C=O) groups excluding carboxylic acids is 2. The van der Waals surface area contributed by atoms with Gasteiger partial charge in [0.15, 0.2) is 13.1 Å². The van der Waals surface area contributed by atoms with Crippen molar-refractivity contribution in [1.29, 1.82) is 0 Å². The van der Waals surface area contributed by atoms with Crippen LogP contribution in [0.4, 0.5) is 5.69 Å². The summed E-state index contributed by atoms with van der Waals surface area (Å²) in [5.74, 6) is 0.298. The molecule has 150 valence electrons. The number of benzene rings is 1. The van der Waals surface area contributed by atoms with Crippen LogP contribution in [-0.4, -0.2) is 69.6 Å². The molecule has 2 amide bonds. The van der Waals surface area contributed by atoms with Crippen molar-refractivity contribution in [3.05, 3.63) is 29.3 Å². The van der Waals surface area contributed by atoms with Crippen LogP contribution in [0.5, 0.6) is 0 Å². The fourth-order valence-corrected chi connectivity index (χ4v) is 3.49. The zero-order valence-electron chi connectivity index (χ0n) is 17.4. The monoisotopic (exact) mass is 376 g/mol. The summed E-state index contributed by atoms with van der Waals surface area (Å²) in [4.78, 5) is 29.2. The van der Waals surface area contributed by atoms with E-state index < -0.39 is 0 Å². The number of hydrogen-bond donors (Lipinski definition) is 3. The maximum absolute atomic E-state index is 12.4. The molecule has 1 saturated heterocycles. The van der Waals surface area contributed by atoms with E-state index in [4.69, 9.17) is 0 Å². The van der Waals surface area contributed by atoms with Crippen LogP contribution in [0.15, 0.2) is 18.2 Å². The van der Waals surface area contributed by atoms with E-state index >= 15 is 0 Å². The molecule has 0 atom stereocenters. The molecule has 6 nitrogen and oxygen atoms in total. The molecule has 3 N–H and O–H groups in total. The Bertz CT molecular complexity index is 639. The van der Waals surface area contributed by atoms with Gasteiger partial charge < -0.3 is 20.0 Å². The Morgan fingerprint density at radius 2 is 1.70 bits per heavy atom. The molecule has 0 unspecified atom stereocenters. The number of hydrogen-bond acceptors (Lipinski definition) is 2. The Morgan fingerprint density at radius 1 is 1.07 bits per heavy atom. The predicted molar refractivity (Wildman–Crippen MR) is 108 cm³/mol. The second-order valence-electron chi connectivity index (χ2n) is 7.82. The van der Waals surface area contributed by atoms with Gasteiger partial charge in [0, 0.05) is 19.3 Å². The highest BCUT2D eigenvalue weighted by Gasteiger charge is 2.27. The lowest BCUT2D eigenvalue weighted by Gasteiger charge is -2.30. The molecule has 1 fully saturated rings. The minimum atomic E-state index is 0.0672. The molecule has 1 heterocycles. The number of carbonyl (C=O) groups is 2. The van der Waals surface area contributed by atoms with Crippen LogP contribution in [0, 0.1) is 13.8 Å². The predicted octanol–water partition coefficient (Wildman–Crippen LogP) is -0.716. The molecular formula is C21H36N4O2+2. The second kappa shape index (κ2) is 10.4. The summed E-state index contributed by atoms with van der Waals surface area (Å²) in [7, 11) is 1.90. The van der Waals surface area contributed by atoms with Crippen LogP contribution in [0.2, 0.25) is 0 Å². The third-order valence-corrected chi connectivity index (χ3v) is 5.63. The minimum absolute atomic E-state index is 0.0672. The second-order valence-corrected chi connectivity index (χ2v) is 7.82. The van der Waals surface area contributed by atoms with Gasteiger partial charge in [0.2, 0.25) is 0 Å². The molecule has 1 aliphatic heterocycles. The van der Waals surface area contributed by atoms with Gasteiger partial charge in [-0.3, -0.25) is 9.59 Å². The number of quaternary nitrogens is 2. The van der Waals surface area contributed by atoms with Crippen LogP contribution in [0.3, 0.4) is 0 Å². The third-order valence-electron chi connectivity index (χ3n) is 5.63. The van der Waals surface area contributed by atoms with Crippen molar-refractivity contribution >= 4 is 17.5 Å². The van der Waals surface area contributed by atoms with Crippen LogP contribution in [0.1, 0.15) is 30.9 Å². The topological polar surface area (TPSA) is 58.3 Å². The van der Waals surface area contributed by atoms with Gasteiger partial charge in [0.05, 0.1) is 0 Å². The van der Waals surface area contributed by atoms with Crippen molar-refractivity contribution in [1.82, 2.24) is 4.90 Å². The molecule has 0 spiro atoms. The summed E-state index contributed by atoms with van der Waals surface area (Å²) < 4.78 is 0. The molecule has 1 aromatic rings. The summed E-state index contributed by atoms with van der Waals surface area (Å²) in [6.07, 6.45) is 2.17. The van der Waals surface area contributed by atoms with Gasteiger partial charge in [-0.2, -0.15) is 0 Å². The molecule has 1 aromatic carbocycles. The van der Waals surface area contributed by atoms with E-state index in [2.05, 4.69) is 25.2 Å². The van der Waals surface area contributed by atoms with E-state index in [0.29, 0.717) is 13.1 Å². The van der Waals surface area contributed by atoms with Gasteiger partial charge in [0.25, 0.3) is 11.8 Å². The van der Waals surface area contributed by atoms with E-state index in [1.165, 1.54) is 15.4 Å². The molecule has 1 aliphatic rings. The van der Waals surface area contributed by atoms with Crippen molar-refractivity contribution in [2.45, 2.75) is 33.6 Å². The zero-order valence-corrected chi connectivity index (χ0v) is 17.4. The summed E-state index contributed by atoms with van der Waals surface area (Å²) in [6, 6.07) is 5.99. The van der Waals surface area contributed by atoms with Gasteiger partial charge >= 0.3 is 0 Å². The maximum atomic E-state index is 12.4. The highest BCUT2D eigenvalue weighted by atomic mass is 16.2. The number of rotatable bonds is 8. The van der Waals surface area contributed by atoms with Crippen molar-refractivity contribution in [3.63, 3.8) is 0 Å². The van der Waals surface area contributed by atoms with Crippen LogP contribution in [0.25, 0.3) is 0 Å². The Morgan fingerprint density at radius 3 is 2.33 bits per heavy atom. The average Bonchev–Trinajstić information content (AvgIpc) is 2.65. The van der Waals surface area contributed by atoms with Gasteiger partial charge in [-0.15, -0.1) is 0 Å². The number of piperazine rings is 1. The summed E-state index contributed by atoms with van der Waals surface area (Å²) in [5, 5.41) is 3.05. The molecule has 2 rings (SSSR count). The lowest BCUT2D eigenvalue weighted by atomic mass is 10.1. The number of anilines is 1. The average molecular weight is 377 g/mol. The molecule has 0 saturated carbocycles. The Labute approximate surface area is 163 Å². The Kier molecular flexibility index (Phi) is 8.25. The first kappa shape index (κ1) is 21.4. The molecule has 0 radical (unpaired) electrons. The lowest BCUT2D eigenvalue weighted by molar-refractivity contribution is -1.00. The number of nitrogens with one attached hydrogen (secondary N) is 3. The van der Waals surface area contributed by atoms with Crippen LogP contribution in [-0.2, 0) is 9.59 Å². The van der Waals surface area contributed by atoms with Crippen molar-refractivity contribution in [2.24, 2.45) is 0 Å². The van der Waals surface area contributed by atoms with E-state index in [1.807, 2.05) is 31.0 Å². The molecule has 27 heavy (non-hydrogen) atoms. The van der Waals surface area contributed by atoms with E-state index in [-0.39, 0.29) is 11.8 Å². The first-order valence-corrected chi connectivity index (χ1v) is 10.2. The van der Waals surface area contributed by atoms with Crippen molar-refractivity contribution < 1.29 is 19.4 Å². The molecule has 0 bridgehead atoms. The zero-order chi connectivity index (χ0) is 19.8. The van der Waals surface area contributed by atoms with E-state index in [9.17, 15) is 9.59 Å². The van der Waals surface area contributed by atoms with E-state index in [1.54, 1.807) is 0 Å². The minimum Gasteiger partial charge on any atom is -0.341 e. The largest absolute Gasteiger partial charge is 0.341 e. The highest BCUT2D eigenvalue weighted by molar-refractivity contribution is 5.92. The van der Waals surface area contributed by atoms with E-state index in [0.717, 1.165) is 56.8 Å². The number of unbranched alkanes of at least 4 members (excludes halogenated alkanes) is 1. The van der Waals surface area contributed by atoms with Gasteiger partial charge in [-0.1, -0.05) is 25.5 Å². The van der Waals surface area contributed by atoms with Crippen molar-refractivity contribution in [2.75, 3.05) is 58.2 Å². The smallest absolute Gasteiger partial charge is 0.279 e. The normalized spacial score (nSPS) is 19.6. The summed E-state index contributed by atoms with van der Waals surface area (Å²) in [6.45, 7) is 11.9. The standard InChI is InChI=1S/C21H34N4O2/c1-5-6-10-23(4)21(27)16-25-13-11-24(12-14-25)15-20(26)22-19-9-7-8-17(2)18(19)3/h7-9H,5-6,10-16H2,1-4H3,(H,22,26)/p+2. The maximum Gasteiger partial charge on any atom is 0.279 e. The quantitative estimate of drug-likeness (QED) is 0.561. The van der Waals surface area contributed by atoms with Gasteiger partial charge in [-0.25, -0.2) is 0 Å². The number of aryl methyl sites for hydroxylation is 1. The molecular weight excluding hydrogens is 340 g/mol. The molecule has 0 aromatic heterocycles. The molecule has 6 heteroatoms. The van der Waals surface area contributed by atoms with Crippen LogP contribution >= 0.6 is 0 Å². The van der Waals surface area contributed by atoms with Gasteiger partial charge in [-0.05, 0) is 37.5 Å². The molecule has 0 aliphatic carbocycles. The van der Waals surface area contributed by atoms with Crippen LogP contribution < -0.4 is 15.1 Å². The number of nitrogens with zero attached hydrogens (tertiary/aromatic N) is 1. The fraction of sp³-hybridized carbons (Fsp3) is 0.619. The highest BCUT2D eigenvalue weighted by Crippen LogP contribution is 2.17. The number of amides is 2. The Balaban J connectivity index is 1.73. The van der Waals surface area contributed by atoms with Crippen molar-refractivity contribution in [3.8, 4) is 0 Å². The van der Waals surface area contributed by atoms with Gasteiger partial charge in [0.1, 0.15) is 26.2 Å².